The summed E-state index contributed by atoms with van der Waals surface area (Å²) >= 11 is 0. The first kappa shape index (κ1) is 12.0. The number of nitrogens with zero attached hydrogens (tertiary/aromatic N) is 1. The molecule has 3 heteroatoms. The van der Waals surface area contributed by atoms with Crippen LogP contribution < -0.4 is 4.90 Å². The highest BCUT2D eigenvalue weighted by atomic mass is 16.4. The Morgan fingerprint density at radius 3 is 2.94 bits per heavy atom. The summed E-state index contributed by atoms with van der Waals surface area (Å²) in [5, 5.41) is 9.01. The Balaban J connectivity index is 2.27. The number of carbonyl (C=O) groups is 1. The van der Waals surface area contributed by atoms with Crippen LogP contribution in [0, 0.1) is 12.8 Å². The Hall–Kier alpha value is -1.51. The SMILES string of the molecule is Cc1cccc2c1C(CC(C)C(=O)O)CN2C. The lowest BCUT2D eigenvalue weighted by molar-refractivity contribution is -0.141. The molecule has 0 amide bonds. The molecule has 0 saturated carbocycles. The van der Waals surface area contributed by atoms with Crippen molar-refractivity contribution in [1.29, 1.82) is 0 Å². The number of rotatable bonds is 3. The molecule has 17 heavy (non-hydrogen) atoms. The molecule has 0 spiro atoms. The minimum Gasteiger partial charge on any atom is -0.481 e. The van der Waals surface area contributed by atoms with Crippen molar-refractivity contribution in [3.63, 3.8) is 0 Å². The predicted molar refractivity (Wildman–Crippen MR) is 68.6 cm³/mol. The maximum Gasteiger partial charge on any atom is 0.306 e. The molecular formula is C14H19NO2. The zero-order chi connectivity index (χ0) is 12.6. The van der Waals surface area contributed by atoms with Gasteiger partial charge in [-0.3, -0.25) is 4.79 Å². The Bertz CT molecular complexity index is 442. The molecule has 2 unspecified atom stereocenters. The van der Waals surface area contributed by atoms with E-state index in [1.807, 2.05) is 0 Å². The molecule has 2 atom stereocenters. The summed E-state index contributed by atoms with van der Waals surface area (Å²) in [6.45, 7) is 4.83. The third kappa shape index (κ3) is 2.14. The van der Waals surface area contributed by atoms with Gasteiger partial charge in [0.05, 0.1) is 5.92 Å². The molecule has 0 saturated heterocycles. The Morgan fingerprint density at radius 1 is 1.59 bits per heavy atom. The number of fused-ring (bicyclic) bond motifs is 1. The third-order valence-electron chi connectivity index (χ3n) is 3.67. The lowest BCUT2D eigenvalue weighted by Gasteiger charge is -2.15. The van der Waals surface area contributed by atoms with Crippen molar-refractivity contribution >= 4 is 11.7 Å². The quantitative estimate of drug-likeness (QED) is 0.872. The second kappa shape index (κ2) is 4.40. The molecule has 92 valence electrons. The van der Waals surface area contributed by atoms with Crippen LogP contribution in [0.5, 0.6) is 0 Å². The van der Waals surface area contributed by atoms with Crippen LogP contribution in [0.4, 0.5) is 5.69 Å². The number of anilines is 1. The van der Waals surface area contributed by atoms with Crippen molar-refractivity contribution in [2.75, 3.05) is 18.5 Å². The van der Waals surface area contributed by atoms with E-state index >= 15 is 0 Å². The number of likely N-dealkylation sites (N-methyl/N-ethyl adjacent to an activating group) is 1. The molecule has 3 nitrogen and oxygen atoms in total. The molecule has 1 aliphatic rings. The minimum atomic E-state index is -0.699. The molecule has 0 radical (unpaired) electrons. The van der Waals surface area contributed by atoms with Gasteiger partial charge in [0.15, 0.2) is 0 Å². The summed E-state index contributed by atoms with van der Waals surface area (Å²) in [4.78, 5) is 13.2. The second-order valence-electron chi connectivity index (χ2n) is 5.06. The van der Waals surface area contributed by atoms with Gasteiger partial charge in [-0.05, 0) is 30.5 Å². The first-order valence-electron chi connectivity index (χ1n) is 6.04. The van der Waals surface area contributed by atoms with E-state index in [0.717, 1.165) is 13.0 Å². The smallest absolute Gasteiger partial charge is 0.306 e. The number of carboxylic acids is 1. The summed E-state index contributed by atoms with van der Waals surface area (Å²) in [5.41, 5.74) is 3.87. The minimum absolute atomic E-state index is 0.279. The summed E-state index contributed by atoms with van der Waals surface area (Å²) in [5.74, 6) is -0.629. The summed E-state index contributed by atoms with van der Waals surface area (Å²) in [6.07, 6.45) is 0.720. The van der Waals surface area contributed by atoms with Crippen LogP contribution in [-0.2, 0) is 4.79 Å². The van der Waals surface area contributed by atoms with Crippen LogP contribution in [0.2, 0.25) is 0 Å². The summed E-state index contributed by atoms with van der Waals surface area (Å²) < 4.78 is 0. The van der Waals surface area contributed by atoms with Gasteiger partial charge in [-0.25, -0.2) is 0 Å². The molecule has 0 aliphatic carbocycles. The second-order valence-corrected chi connectivity index (χ2v) is 5.06. The molecule has 1 aliphatic heterocycles. The average molecular weight is 233 g/mol. The van der Waals surface area contributed by atoms with E-state index < -0.39 is 5.97 Å². The molecule has 1 aromatic carbocycles. The Labute approximate surface area is 102 Å². The molecule has 2 rings (SSSR count). The van der Waals surface area contributed by atoms with Gasteiger partial charge in [-0.2, -0.15) is 0 Å². The first-order chi connectivity index (χ1) is 8.00. The van der Waals surface area contributed by atoms with Crippen molar-refractivity contribution < 1.29 is 9.90 Å². The van der Waals surface area contributed by atoms with Crippen molar-refractivity contribution in [2.24, 2.45) is 5.92 Å². The molecule has 1 aromatic rings. The molecule has 0 fully saturated rings. The summed E-state index contributed by atoms with van der Waals surface area (Å²) in [6, 6.07) is 6.29. The molecule has 0 aromatic heterocycles. The van der Waals surface area contributed by atoms with Gasteiger partial charge >= 0.3 is 5.97 Å². The normalized spacial score (nSPS) is 20.2. The standard InChI is InChI=1S/C14H19NO2/c1-9-5-4-6-12-13(9)11(8-15(12)3)7-10(2)14(16)17/h4-6,10-11H,7-8H2,1-3H3,(H,16,17). The maximum absolute atomic E-state index is 11.0. The largest absolute Gasteiger partial charge is 0.481 e. The Morgan fingerprint density at radius 2 is 2.29 bits per heavy atom. The molecule has 1 heterocycles. The highest BCUT2D eigenvalue weighted by Gasteiger charge is 2.30. The molecule has 0 bridgehead atoms. The van der Waals surface area contributed by atoms with Crippen LogP contribution in [0.25, 0.3) is 0 Å². The van der Waals surface area contributed by atoms with Crippen molar-refractivity contribution in [3.8, 4) is 0 Å². The van der Waals surface area contributed by atoms with Crippen LogP contribution in [-0.4, -0.2) is 24.7 Å². The molecule has 1 N–H and O–H groups in total. The van der Waals surface area contributed by atoms with Crippen molar-refractivity contribution in [3.05, 3.63) is 29.3 Å². The lowest BCUT2D eigenvalue weighted by atomic mass is 9.89. The fourth-order valence-electron chi connectivity index (χ4n) is 2.77. The van der Waals surface area contributed by atoms with Crippen LogP contribution in [0.1, 0.15) is 30.4 Å². The van der Waals surface area contributed by atoms with Gasteiger partial charge in [0.1, 0.15) is 0 Å². The number of aryl methyl sites for hydroxylation is 1. The highest BCUT2D eigenvalue weighted by molar-refractivity contribution is 5.70. The topological polar surface area (TPSA) is 40.5 Å². The van der Waals surface area contributed by atoms with Crippen LogP contribution >= 0.6 is 0 Å². The van der Waals surface area contributed by atoms with E-state index in [1.165, 1.54) is 16.8 Å². The molecular weight excluding hydrogens is 214 g/mol. The fraction of sp³-hybridized carbons (Fsp3) is 0.500. The van der Waals surface area contributed by atoms with Gasteiger partial charge < -0.3 is 10.0 Å². The van der Waals surface area contributed by atoms with Crippen molar-refractivity contribution in [2.45, 2.75) is 26.2 Å². The fourth-order valence-corrected chi connectivity index (χ4v) is 2.77. The number of carboxylic acid groups (broad SMARTS) is 1. The van der Waals surface area contributed by atoms with Gasteiger partial charge in [0, 0.05) is 25.2 Å². The van der Waals surface area contributed by atoms with Gasteiger partial charge in [-0.15, -0.1) is 0 Å². The first-order valence-corrected chi connectivity index (χ1v) is 6.04. The van der Waals surface area contributed by atoms with E-state index in [1.54, 1.807) is 6.92 Å². The Kier molecular flexibility index (Phi) is 3.09. The van der Waals surface area contributed by atoms with Gasteiger partial charge in [0.25, 0.3) is 0 Å². The van der Waals surface area contributed by atoms with E-state index in [9.17, 15) is 4.79 Å². The van der Waals surface area contributed by atoms with E-state index in [-0.39, 0.29) is 5.92 Å². The monoisotopic (exact) mass is 233 g/mol. The lowest BCUT2D eigenvalue weighted by Crippen LogP contribution is -2.19. The number of hydrogen-bond donors (Lipinski definition) is 1. The summed E-state index contributed by atoms with van der Waals surface area (Å²) in [7, 11) is 2.07. The van der Waals surface area contributed by atoms with Crippen LogP contribution in [0.3, 0.4) is 0 Å². The van der Waals surface area contributed by atoms with E-state index in [2.05, 4.69) is 37.1 Å². The van der Waals surface area contributed by atoms with Gasteiger partial charge in [0.2, 0.25) is 0 Å². The highest BCUT2D eigenvalue weighted by Crippen LogP contribution is 2.40. The maximum atomic E-state index is 11.0. The zero-order valence-electron chi connectivity index (χ0n) is 10.6. The zero-order valence-corrected chi connectivity index (χ0v) is 10.6. The number of aliphatic carboxylic acids is 1. The van der Waals surface area contributed by atoms with E-state index in [4.69, 9.17) is 5.11 Å². The van der Waals surface area contributed by atoms with Gasteiger partial charge in [-0.1, -0.05) is 19.1 Å². The third-order valence-corrected chi connectivity index (χ3v) is 3.67. The van der Waals surface area contributed by atoms with Crippen molar-refractivity contribution in [1.82, 2.24) is 0 Å². The van der Waals surface area contributed by atoms with Crippen LogP contribution in [0.15, 0.2) is 18.2 Å². The number of benzene rings is 1. The average Bonchev–Trinajstić information content (AvgIpc) is 2.57. The predicted octanol–water partition coefficient (Wildman–Crippen LogP) is 2.64. The number of hydrogen-bond acceptors (Lipinski definition) is 2. The van der Waals surface area contributed by atoms with E-state index in [0.29, 0.717) is 5.92 Å².